The maximum absolute atomic E-state index is 11.5. The van der Waals surface area contributed by atoms with E-state index in [-0.39, 0.29) is 18.6 Å². The van der Waals surface area contributed by atoms with E-state index in [4.69, 9.17) is 21.1 Å². The lowest BCUT2D eigenvalue weighted by Gasteiger charge is -2.20. The van der Waals surface area contributed by atoms with Gasteiger partial charge in [0.25, 0.3) is 0 Å². The third-order valence-corrected chi connectivity index (χ3v) is 6.10. The average Bonchev–Trinajstić information content (AvgIpc) is 2.92. The largest absolute Gasteiger partial charge is 0.482 e. The zero-order valence-corrected chi connectivity index (χ0v) is 18.0. The average molecular weight is 436 g/mol. The number of carbonyl (C=O) groups excluding carboxylic acids is 1. The number of hydrogen-bond donors (Lipinski definition) is 2. The van der Waals surface area contributed by atoms with Crippen molar-refractivity contribution in [1.82, 2.24) is 5.32 Å². The van der Waals surface area contributed by atoms with Gasteiger partial charge in [-0.1, -0.05) is 23.7 Å². The Hall–Kier alpha value is -1.73. The maximum atomic E-state index is 11.5. The Balaban J connectivity index is 1.58. The number of thioether (sulfide) groups is 1. The number of ether oxygens (including phenoxy) is 2. The monoisotopic (exact) mass is 435 g/mol. The second-order valence-corrected chi connectivity index (χ2v) is 8.45. The summed E-state index contributed by atoms with van der Waals surface area (Å²) in [6.45, 7) is 2.49. The van der Waals surface area contributed by atoms with Crippen LogP contribution < -0.4 is 10.1 Å². The number of hydrogen-bond acceptors (Lipinski definition) is 6. The lowest BCUT2D eigenvalue weighted by molar-refractivity contribution is -0.145. The predicted octanol–water partition coefficient (Wildman–Crippen LogP) is 4.01. The second-order valence-electron chi connectivity index (χ2n) is 6.88. The summed E-state index contributed by atoms with van der Waals surface area (Å²) in [7, 11) is 0. The minimum absolute atomic E-state index is 0.0900. The molecule has 0 bridgehead atoms. The molecule has 5 nitrogen and oxygen atoms in total. The molecule has 0 saturated carbocycles. The molecule has 0 aromatic heterocycles. The number of aliphatic hydroxyl groups excluding tert-OH is 1. The van der Waals surface area contributed by atoms with Crippen molar-refractivity contribution in [2.75, 3.05) is 25.5 Å². The molecule has 7 heteroatoms. The molecule has 1 aliphatic heterocycles. The Bertz CT molecular complexity index is 832. The van der Waals surface area contributed by atoms with Crippen LogP contribution in [-0.2, 0) is 16.0 Å². The Morgan fingerprint density at radius 3 is 3.00 bits per heavy atom. The van der Waals surface area contributed by atoms with Gasteiger partial charge in [0, 0.05) is 22.5 Å². The van der Waals surface area contributed by atoms with Gasteiger partial charge in [-0.3, -0.25) is 0 Å². The van der Waals surface area contributed by atoms with Crippen LogP contribution in [0, 0.1) is 0 Å². The first-order valence-corrected chi connectivity index (χ1v) is 11.1. The summed E-state index contributed by atoms with van der Waals surface area (Å²) in [4.78, 5) is 12.7. The van der Waals surface area contributed by atoms with E-state index < -0.39 is 6.10 Å². The van der Waals surface area contributed by atoms with Gasteiger partial charge >= 0.3 is 5.97 Å². The van der Waals surface area contributed by atoms with Crippen LogP contribution in [0.5, 0.6) is 5.75 Å². The minimum Gasteiger partial charge on any atom is -0.482 e. The van der Waals surface area contributed by atoms with Crippen molar-refractivity contribution < 1.29 is 19.4 Å². The van der Waals surface area contributed by atoms with Gasteiger partial charge < -0.3 is 19.9 Å². The molecule has 1 heterocycles. The normalized spacial score (nSPS) is 17.1. The van der Waals surface area contributed by atoms with Gasteiger partial charge in [0.2, 0.25) is 0 Å². The molecule has 3 rings (SSSR count). The van der Waals surface area contributed by atoms with Crippen molar-refractivity contribution in [2.45, 2.75) is 36.8 Å². The first kappa shape index (κ1) is 22.0. The molecule has 0 amide bonds. The van der Waals surface area contributed by atoms with Gasteiger partial charge in [-0.05, 0) is 67.0 Å². The van der Waals surface area contributed by atoms with Crippen molar-refractivity contribution in [2.24, 2.45) is 0 Å². The van der Waals surface area contributed by atoms with Crippen LogP contribution in [-0.4, -0.2) is 42.6 Å². The lowest BCUT2D eigenvalue weighted by atomic mass is 10.0. The zero-order valence-electron chi connectivity index (χ0n) is 16.4. The summed E-state index contributed by atoms with van der Waals surface area (Å²) in [6, 6.07) is 13.5. The molecule has 0 saturated heterocycles. The van der Waals surface area contributed by atoms with E-state index in [1.165, 1.54) is 10.5 Å². The highest BCUT2D eigenvalue weighted by Crippen LogP contribution is 2.32. The molecule has 2 aromatic carbocycles. The van der Waals surface area contributed by atoms with Crippen molar-refractivity contribution >= 4 is 29.3 Å². The van der Waals surface area contributed by atoms with Crippen molar-refractivity contribution in [1.29, 1.82) is 0 Å². The number of esters is 1. The molecule has 2 N–H and O–H groups in total. The van der Waals surface area contributed by atoms with Crippen LogP contribution in [0.4, 0.5) is 0 Å². The highest BCUT2D eigenvalue weighted by molar-refractivity contribution is 7.99. The van der Waals surface area contributed by atoms with E-state index in [1.54, 1.807) is 19.1 Å². The number of halogens is 1. The van der Waals surface area contributed by atoms with Gasteiger partial charge in [-0.15, -0.1) is 11.8 Å². The van der Waals surface area contributed by atoms with Gasteiger partial charge in [0.05, 0.1) is 12.7 Å². The van der Waals surface area contributed by atoms with Gasteiger partial charge in [0.15, 0.2) is 6.61 Å². The molecule has 0 fully saturated rings. The van der Waals surface area contributed by atoms with Crippen LogP contribution in [0.15, 0.2) is 47.4 Å². The van der Waals surface area contributed by atoms with Crippen LogP contribution in [0.3, 0.4) is 0 Å². The Morgan fingerprint density at radius 1 is 1.34 bits per heavy atom. The van der Waals surface area contributed by atoms with E-state index in [0.717, 1.165) is 24.2 Å². The quantitative estimate of drug-likeness (QED) is 0.610. The number of fused-ring (bicyclic) bond motifs is 1. The second kappa shape index (κ2) is 10.9. The fraction of sp³-hybridized carbons (Fsp3) is 0.409. The Morgan fingerprint density at radius 2 is 2.21 bits per heavy atom. The number of nitrogens with one attached hydrogen (secondary N) is 1. The first-order chi connectivity index (χ1) is 14.0. The Labute approximate surface area is 180 Å². The molecule has 0 radical (unpaired) electrons. The smallest absolute Gasteiger partial charge is 0.344 e. The molecule has 2 aromatic rings. The number of rotatable bonds is 8. The Kier molecular flexibility index (Phi) is 8.24. The molecule has 1 aliphatic rings. The third kappa shape index (κ3) is 6.64. The third-order valence-electron chi connectivity index (χ3n) is 4.72. The standard InChI is InChI=1S/C22H26ClNO4S/c1-2-27-22(26)14-28-19-6-7-21-16(12-19)11-18(8-9-29-21)24-13-20(25)15-4-3-5-17(23)10-15/h3-7,10,12,18,20,24-25H,2,8-9,11,13-14H2,1H3. The van der Waals surface area contributed by atoms with Crippen molar-refractivity contribution in [3.63, 3.8) is 0 Å². The van der Waals surface area contributed by atoms with E-state index in [2.05, 4.69) is 5.32 Å². The summed E-state index contributed by atoms with van der Waals surface area (Å²) in [5.41, 5.74) is 1.99. The van der Waals surface area contributed by atoms with E-state index in [0.29, 0.717) is 23.9 Å². The lowest BCUT2D eigenvalue weighted by Crippen LogP contribution is -2.34. The summed E-state index contributed by atoms with van der Waals surface area (Å²) in [5.74, 6) is 1.30. The van der Waals surface area contributed by atoms with Crippen LogP contribution >= 0.6 is 23.4 Å². The highest BCUT2D eigenvalue weighted by atomic mass is 35.5. The highest BCUT2D eigenvalue weighted by Gasteiger charge is 2.19. The molecule has 29 heavy (non-hydrogen) atoms. The molecular formula is C22H26ClNO4S. The number of carbonyl (C=O) groups is 1. The molecule has 0 aliphatic carbocycles. The summed E-state index contributed by atoms with van der Waals surface area (Å²) >= 11 is 7.84. The fourth-order valence-electron chi connectivity index (χ4n) is 3.25. The van der Waals surface area contributed by atoms with Crippen LogP contribution in [0.1, 0.15) is 30.6 Å². The zero-order chi connectivity index (χ0) is 20.6. The molecule has 0 spiro atoms. The predicted molar refractivity (Wildman–Crippen MR) is 116 cm³/mol. The van der Waals surface area contributed by atoms with E-state index in [1.807, 2.05) is 42.1 Å². The maximum Gasteiger partial charge on any atom is 0.344 e. The molecular weight excluding hydrogens is 410 g/mol. The van der Waals surface area contributed by atoms with Gasteiger partial charge in [0.1, 0.15) is 5.75 Å². The van der Waals surface area contributed by atoms with Gasteiger partial charge in [-0.2, -0.15) is 0 Å². The first-order valence-electron chi connectivity index (χ1n) is 9.76. The number of aliphatic hydroxyl groups is 1. The van der Waals surface area contributed by atoms with Crippen molar-refractivity contribution in [3.8, 4) is 5.75 Å². The van der Waals surface area contributed by atoms with Crippen LogP contribution in [0.2, 0.25) is 5.02 Å². The SMILES string of the molecule is CCOC(=O)COc1ccc2c(c1)CC(NCC(O)c1cccc(Cl)c1)CCS2. The molecule has 156 valence electrons. The van der Waals surface area contributed by atoms with Gasteiger partial charge in [-0.25, -0.2) is 4.79 Å². The molecule has 2 atom stereocenters. The van der Waals surface area contributed by atoms with Crippen LogP contribution in [0.25, 0.3) is 0 Å². The molecule has 2 unspecified atom stereocenters. The minimum atomic E-state index is -0.608. The van der Waals surface area contributed by atoms with E-state index in [9.17, 15) is 9.90 Å². The number of benzene rings is 2. The summed E-state index contributed by atoms with van der Waals surface area (Å²) in [6.07, 6.45) is 1.23. The van der Waals surface area contributed by atoms with E-state index >= 15 is 0 Å². The summed E-state index contributed by atoms with van der Waals surface area (Å²) in [5, 5.41) is 14.6. The topological polar surface area (TPSA) is 67.8 Å². The fourth-order valence-corrected chi connectivity index (χ4v) is 4.57. The van der Waals surface area contributed by atoms with Crippen molar-refractivity contribution in [3.05, 3.63) is 58.6 Å². The summed E-state index contributed by atoms with van der Waals surface area (Å²) < 4.78 is 10.5.